The van der Waals surface area contributed by atoms with Crippen molar-refractivity contribution in [2.24, 2.45) is 4.99 Å². The first-order chi connectivity index (χ1) is 12.6. The lowest BCUT2D eigenvalue weighted by Crippen LogP contribution is -2.36. The van der Waals surface area contributed by atoms with Gasteiger partial charge in [-0.15, -0.1) is 22.7 Å². The van der Waals surface area contributed by atoms with Gasteiger partial charge < -0.3 is 10.6 Å². The van der Waals surface area contributed by atoms with Gasteiger partial charge in [0.05, 0.1) is 29.5 Å². The van der Waals surface area contributed by atoms with Gasteiger partial charge >= 0.3 is 0 Å². The number of nitrogens with zero attached hydrogens (tertiary/aromatic N) is 3. The molecule has 0 bridgehead atoms. The van der Waals surface area contributed by atoms with E-state index in [4.69, 9.17) is 4.98 Å². The first-order valence-electron chi connectivity index (χ1n) is 8.46. The molecule has 2 heterocycles. The van der Waals surface area contributed by atoms with E-state index >= 15 is 0 Å². The standard InChI is InChI=1S/C19H23N5S2/c1-12-16(25-14(3)23-12)10-21-19(20-4)22-11-17-13(2)24-18(26-17)15-8-6-5-7-9-15/h5-9H,10-11H2,1-4H3,(H2,20,21,22). The molecule has 0 atom stereocenters. The van der Waals surface area contributed by atoms with E-state index in [9.17, 15) is 0 Å². The van der Waals surface area contributed by atoms with Gasteiger partial charge in [0, 0.05) is 22.4 Å². The minimum absolute atomic E-state index is 0.705. The Labute approximate surface area is 162 Å². The molecule has 0 saturated carbocycles. The summed E-state index contributed by atoms with van der Waals surface area (Å²) < 4.78 is 0. The lowest BCUT2D eigenvalue weighted by molar-refractivity contribution is 0.814. The summed E-state index contributed by atoms with van der Waals surface area (Å²) in [7, 11) is 1.79. The van der Waals surface area contributed by atoms with Crippen molar-refractivity contribution in [1.82, 2.24) is 20.6 Å². The van der Waals surface area contributed by atoms with Crippen LogP contribution in [0.2, 0.25) is 0 Å². The second-order valence-corrected chi connectivity index (χ2v) is 8.29. The second kappa shape index (κ2) is 8.42. The molecule has 7 heteroatoms. The van der Waals surface area contributed by atoms with Crippen molar-refractivity contribution >= 4 is 28.6 Å². The van der Waals surface area contributed by atoms with Gasteiger partial charge in [-0.25, -0.2) is 9.97 Å². The quantitative estimate of drug-likeness (QED) is 0.514. The number of hydrogen-bond donors (Lipinski definition) is 2. The zero-order chi connectivity index (χ0) is 18.5. The van der Waals surface area contributed by atoms with Gasteiger partial charge in [0.1, 0.15) is 5.01 Å². The van der Waals surface area contributed by atoms with E-state index < -0.39 is 0 Å². The molecule has 0 unspecified atom stereocenters. The topological polar surface area (TPSA) is 62.2 Å². The molecule has 0 radical (unpaired) electrons. The summed E-state index contributed by atoms with van der Waals surface area (Å²) in [6.07, 6.45) is 0. The molecule has 0 fully saturated rings. The summed E-state index contributed by atoms with van der Waals surface area (Å²) in [5.41, 5.74) is 3.30. The molecule has 0 aliphatic rings. The first-order valence-corrected chi connectivity index (χ1v) is 10.1. The maximum Gasteiger partial charge on any atom is 0.191 e. The molecule has 3 rings (SSSR count). The number of thiazole rings is 2. The van der Waals surface area contributed by atoms with Crippen molar-refractivity contribution < 1.29 is 0 Å². The van der Waals surface area contributed by atoms with E-state index in [0.717, 1.165) is 39.5 Å². The van der Waals surface area contributed by atoms with Crippen molar-refractivity contribution in [3.05, 3.63) is 56.5 Å². The van der Waals surface area contributed by atoms with Gasteiger partial charge in [-0.05, 0) is 20.8 Å². The normalized spacial score (nSPS) is 11.6. The van der Waals surface area contributed by atoms with Gasteiger partial charge in [-0.2, -0.15) is 0 Å². The van der Waals surface area contributed by atoms with Crippen molar-refractivity contribution in [2.75, 3.05) is 7.05 Å². The van der Waals surface area contributed by atoms with Gasteiger partial charge in [-0.3, -0.25) is 4.99 Å². The zero-order valence-electron chi connectivity index (χ0n) is 15.5. The lowest BCUT2D eigenvalue weighted by Gasteiger charge is -2.10. The summed E-state index contributed by atoms with van der Waals surface area (Å²) >= 11 is 3.44. The molecule has 0 aliphatic carbocycles. The Morgan fingerprint density at radius 3 is 2.12 bits per heavy atom. The van der Waals surface area contributed by atoms with Crippen LogP contribution in [0.3, 0.4) is 0 Å². The molecule has 0 amide bonds. The van der Waals surface area contributed by atoms with E-state index in [1.807, 2.05) is 32.0 Å². The highest BCUT2D eigenvalue weighted by Crippen LogP contribution is 2.27. The Morgan fingerprint density at radius 2 is 1.54 bits per heavy atom. The third-order valence-corrected chi connectivity index (χ3v) is 6.25. The Balaban J connectivity index is 1.60. The molecular weight excluding hydrogens is 362 g/mol. The number of aryl methyl sites for hydroxylation is 3. The fourth-order valence-corrected chi connectivity index (χ4v) is 4.47. The van der Waals surface area contributed by atoms with Crippen LogP contribution >= 0.6 is 22.7 Å². The summed E-state index contributed by atoms with van der Waals surface area (Å²) in [6.45, 7) is 7.57. The van der Waals surface area contributed by atoms with Crippen LogP contribution in [0.4, 0.5) is 0 Å². The maximum absolute atomic E-state index is 4.70. The summed E-state index contributed by atoms with van der Waals surface area (Å²) in [5, 5.41) is 8.89. The molecule has 0 saturated heterocycles. The van der Waals surface area contributed by atoms with Crippen LogP contribution in [-0.4, -0.2) is 23.0 Å². The van der Waals surface area contributed by atoms with Crippen LogP contribution in [0.5, 0.6) is 0 Å². The minimum atomic E-state index is 0.705. The SMILES string of the molecule is CN=C(NCc1sc(C)nc1C)NCc1sc(-c2ccccc2)nc1C. The van der Waals surface area contributed by atoms with E-state index in [-0.39, 0.29) is 0 Å². The largest absolute Gasteiger partial charge is 0.351 e. The molecule has 136 valence electrons. The highest BCUT2D eigenvalue weighted by atomic mass is 32.1. The Bertz CT molecular complexity index is 896. The van der Waals surface area contributed by atoms with E-state index in [1.165, 1.54) is 9.75 Å². The number of aromatic nitrogens is 2. The van der Waals surface area contributed by atoms with Gasteiger partial charge in [0.15, 0.2) is 5.96 Å². The number of rotatable bonds is 5. The van der Waals surface area contributed by atoms with Crippen LogP contribution in [0, 0.1) is 20.8 Å². The van der Waals surface area contributed by atoms with Crippen LogP contribution in [0.15, 0.2) is 35.3 Å². The van der Waals surface area contributed by atoms with Crippen molar-refractivity contribution in [3.8, 4) is 10.6 Å². The third kappa shape index (κ3) is 4.47. The average molecular weight is 386 g/mol. The van der Waals surface area contributed by atoms with Gasteiger partial charge in [0.25, 0.3) is 0 Å². The second-order valence-electron chi connectivity index (χ2n) is 5.91. The Morgan fingerprint density at radius 1 is 0.923 bits per heavy atom. The van der Waals surface area contributed by atoms with Crippen LogP contribution < -0.4 is 10.6 Å². The van der Waals surface area contributed by atoms with Crippen molar-refractivity contribution in [1.29, 1.82) is 0 Å². The number of guanidine groups is 1. The summed E-state index contributed by atoms with van der Waals surface area (Å²) in [4.78, 5) is 15.9. The average Bonchev–Trinajstić information content (AvgIpc) is 3.17. The zero-order valence-corrected chi connectivity index (χ0v) is 17.1. The fraction of sp³-hybridized carbons (Fsp3) is 0.316. The van der Waals surface area contributed by atoms with Crippen LogP contribution in [0.1, 0.15) is 26.1 Å². The molecule has 2 N–H and O–H groups in total. The number of hydrogen-bond acceptors (Lipinski definition) is 5. The fourth-order valence-electron chi connectivity index (χ4n) is 2.58. The monoisotopic (exact) mass is 385 g/mol. The number of benzene rings is 1. The summed E-state index contributed by atoms with van der Waals surface area (Å²) in [5.74, 6) is 0.782. The molecular formula is C19H23N5S2. The predicted molar refractivity (Wildman–Crippen MR) is 111 cm³/mol. The van der Waals surface area contributed by atoms with Gasteiger partial charge in [-0.1, -0.05) is 30.3 Å². The molecule has 0 spiro atoms. The first kappa shape index (κ1) is 18.5. The summed E-state index contributed by atoms with van der Waals surface area (Å²) in [6, 6.07) is 10.3. The highest BCUT2D eigenvalue weighted by molar-refractivity contribution is 7.15. The maximum atomic E-state index is 4.70. The molecule has 2 aromatic heterocycles. The predicted octanol–water partition coefficient (Wildman–Crippen LogP) is 4.06. The van der Waals surface area contributed by atoms with E-state index in [1.54, 1.807) is 29.7 Å². The van der Waals surface area contributed by atoms with Gasteiger partial charge in [0.2, 0.25) is 0 Å². The smallest absolute Gasteiger partial charge is 0.191 e. The lowest BCUT2D eigenvalue weighted by atomic mass is 10.2. The molecule has 0 aliphatic heterocycles. The minimum Gasteiger partial charge on any atom is -0.351 e. The molecule has 26 heavy (non-hydrogen) atoms. The van der Waals surface area contributed by atoms with Crippen LogP contribution in [0.25, 0.3) is 10.6 Å². The molecule has 1 aromatic carbocycles. The van der Waals surface area contributed by atoms with Crippen molar-refractivity contribution in [3.63, 3.8) is 0 Å². The molecule has 5 nitrogen and oxygen atoms in total. The molecule has 3 aromatic rings. The third-order valence-electron chi connectivity index (χ3n) is 3.97. The van der Waals surface area contributed by atoms with Crippen LogP contribution in [-0.2, 0) is 13.1 Å². The van der Waals surface area contributed by atoms with Crippen molar-refractivity contribution in [2.45, 2.75) is 33.9 Å². The Kier molecular flexibility index (Phi) is 6.00. The van der Waals surface area contributed by atoms with E-state index in [0.29, 0.717) is 6.54 Å². The van der Waals surface area contributed by atoms with E-state index in [2.05, 4.69) is 39.7 Å². The highest BCUT2D eigenvalue weighted by Gasteiger charge is 2.10. The Hall–Kier alpha value is -2.25. The number of nitrogens with one attached hydrogen (secondary N) is 2. The number of aliphatic imine (C=N–C) groups is 1.